The molecule has 108 valence electrons. The molecule has 1 aromatic carbocycles. The molecular formula is C15H19O3PSe. The Morgan fingerprint density at radius 3 is 2.60 bits per heavy atom. The van der Waals surface area contributed by atoms with Crippen LogP contribution in [0, 0.1) is 0 Å². The third-order valence-corrected chi connectivity index (χ3v) is 8.50. The number of benzene rings is 1. The summed E-state index contributed by atoms with van der Waals surface area (Å²) in [5.41, 5.74) is -0.579. The molecule has 0 spiro atoms. The van der Waals surface area contributed by atoms with Gasteiger partial charge in [-0.2, -0.15) is 0 Å². The second kappa shape index (κ2) is 6.01. The van der Waals surface area contributed by atoms with Gasteiger partial charge in [-0.15, -0.1) is 0 Å². The Hall–Kier alpha value is -0.631. The van der Waals surface area contributed by atoms with Crippen LogP contribution < -0.4 is 4.46 Å². The molecule has 1 unspecified atom stereocenters. The molecule has 0 aromatic heterocycles. The van der Waals surface area contributed by atoms with Gasteiger partial charge in [-0.3, -0.25) is 0 Å². The quantitative estimate of drug-likeness (QED) is 0.598. The van der Waals surface area contributed by atoms with E-state index >= 15 is 0 Å². The Bertz CT molecular complexity index is 578. The second-order valence-corrected chi connectivity index (χ2v) is 9.04. The standard InChI is InChI=1S/C15H19O3PSe/c1-5-13-14(20-12-10-8-7-9-11-12)15(3,4)18-19(13,16)17-6-2/h5,7-11H,1,6H2,2-4H3. The summed E-state index contributed by atoms with van der Waals surface area (Å²) in [5.74, 6) is 0. The summed E-state index contributed by atoms with van der Waals surface area (Å²) >= 11 is 0.0392. The molecule has 0 bridgehead atoms. The molecule has 5 heteroatoms. The minimum absolute atomic E-state index is 0.0392. The Labute approximate surface area is 126 Å². The predicted octanol–water partition coefficient (Wildman–Crippen LogP) is 3.45. The summed E-state index contributed by atoms with van der Waals surface area (Å²) < 4.78 is 26.3. The van der Waals surface area contributed by atoms with Crippen molar-refractivity contribution in [3.05, 3.63) is 52.8 Å². The van der Waals surface area contributed by atoms with Gasteiger partial charge in [-0.1, -0.05) is 0 Å². The molecule has 0 saturated heterocycles. The Kier molecular flexibility index (Phi) is 4.73. The zero-order valence-electron chi connectivity index (χ0n) is 12.0. The molecule has 1 aliphatic rings. The molecule has 0 fully saturated rings. The third kappa shape index (κ3) is 3.00. The number of hydrogen-bond acceptors (Lipinski definition) is 3. The average Bonchev–Trinajstić information content (AvgIpc) is 2.57. The van der Waals surface area contributed by atoms with Gasteiger partial charge >= 0.3 is 126 Å². The topological polar surface area (TPSA) is 35.5 Å². The van der Waals surface area contributed by atoms with Crippen molar-refractivity contribution in [2.75, 3.05) is 6.61 Å². The first-order valence-electron chi connectivity index (χ1n) is 6.49. The molecule has 0 amide bonds. The van der Waals surface area contributed by atoms with Crippen molar-refractivity contribution in [2.45, 2.75) is 26.4 Å². The molecule has 3 nitrogen and oxygen atoms in total. The fourth-order valence-electron chi connectivity index (χ4n) is 2.08. The van der Waals surface area contributed by atoms with Crippen LogP contribution in [-0.4, -0.2) is 27.2 Å². The summed E-state index contributed by atoms with van der Waals surface area (Å²) in [5, 5.41) is 0.646. The van der Waals surface area contributed by atoms with Crippen molar-refractivity contribution in [3.63, 3.8) is 0 Å². The van der Waals surface area contributed by atoms with Crippen LogP contribution in [0.25, 0.3) is 0 Å². The van der Waals surface area contributed by atoms with Gasteiger partial charge in [0.1, 0.15) is 0 Å². The van der Waals surface area contributed by atoms with Gasteiger partial charge in [0, 0.05) is 0 Å². The maximum absolute atomic E-state index is 12.8. The molecule has 1 aliphatic heterocycles. The van der Waals surface area contributed by atoms with E-state index in [1.807, 2.05) is 39.0 Å². The van der Waals surface area contributed by atoms with Crippen LogP contribution in [0.2, 0.25) is 0 Å². The fraction of sp³-hybridized carbons (Fsp3) is 0.333. The molecule has 2 rings (SSSR count). The number of allylic oxidation sites excluding steroid dienone is 2. The van der Waals surface area contributed by atoms with Gasteiger partial charge in [0.05, 0.1) is 0 Å². The molecule has 0 N–H and O–H groups in total. The zero-order valence-corrected chi connectivity index (χ0v) is 14.6. The maximum atomic E-state index is 12.8. The van der Waals surface area contributed by atoms with E-state index in [1.165, 1.54) is 4.46 Å². The number of hydrogen-bond donors (Lipinski definition) is 0. The van der Waals surface area contributed by atoms with Crippen LogP contribution in [0.1, 0.15) is 20.8 Å². The van der Waals surface area contributed by atoms with Gasteiger partial charge in [0.25, 0.3) is 0 Å². The number of rotatable bonds is 5. The first kappa shape index (κ1) is 15.8. The van der Waals surface area contributed by atoms with Crippen molar-refractivity contribution < 1.29 is 13.6 Å². The van der Waals surface area contributed by atoms with E-state index in [2.05, 4.69) is 18.7 Å². The average molecular weight is 357 g/mol. The van der Waals surface area contributed by atoms with Gasteiger partial charge in [-0.25, -0.2) is 0 Å². The van der Waals surface area contributed by atoms with Gasteiger partial charge in [0.15, 0.2) is 0 Å². The zero-order chi connectivity index (χ0) is 14.8. The normalized spacial score (nSPS) is 24.9. The first-order chi connectivity index (χ1) is 9.43. The Morgan fingerprint density at radius 1 is 1.40 bits per heavy atom. The van der Waals surface area contributed by atoms with Crippen LogP contribution in [0.3, 0.4) is 0 Å². The Balaban J connectivity index is 2.45. The van der Waals surface area contributed by atoms with E-state index in [0.29, 0.717) is 11.9 Å². The van der Waals surface area contributed by atoms with E-state index in [4.69, 9.17) is 9.05 Å². The summed E-state index contributed by atoms with van der Waals surface area (Å²) in [4.78, 5) is 0. The van der Waals surface area contributed by atoms with E-state index < -0.39 is 13.2 Å². The second-order valence-electron chi connectivity index (χ2n) is 4.85. The summed E-state index contributed by atoms with van der Waals surface area (Å²) in [6, 6.07) is 10.2. The van der Waals surface area contributed by atoms with Crippen molar-refractivity contribution in [2.24, 2.45) is 0 Å². The molecular weight excluding hydrogens is 338 g/mol. The van der Waals surface area contributed by atoms with E-state index in [1.54, 1.807) is 6.08 Å². The molecule has 20 heavy (non-hydrogen) atoms. The van der Waals surface area contributed by atoms with Gasteiger partial charge < -0.3 is 0 Å². The van der Waals surface area contributed by atoms with Crippen molar-refractivity contribution >= 4 is 27.0 Å². The summed E-state index contributed by atoms with van der Waals surface area (Å²) in [6.45, 7) is 9.85. The molecule has 0 radical (unpaired) electrons. The predicted molar refractivity (Wildman–Crippen MR) is 83.4 cm³/mol. The van der Waals surface area contributed by atoms with Crippen molar-refractivity contribution in [3.8, 4) is 0 Å². The van der Waals surface area contributed by atoms with E-state index in [9.17, 15) is 4.57 Å². The summed E-state index contributed by atoms with van der Waals surface area (Å²) in [7, 11) is -3.22. The molecule has 0 aliphatic carbocycles. The van der Waals surface area contributed by atoms with Gasteiger partial charge in [0.2, 0.25) is 0 Å². The molecule has 1 atom stereocenters. The first-order valence-corrected chi connectivity index (χ1v) is 9.74. The van der Waals surface area contributed by atoms with E-state index in [-0.39, 0.29) is 15.0 Å². The van der Waals surface area contributed by atoms with Crippen LogP contribution in [-0.2, 0) is 13.6 Å². The van der Waals surface area contributed by atoms with Crippen LogP contribution in [0.5, 0.6) is 0 Å². The fourth-order valence-corrected chi connectivity index (χ4v) is 7.33. The van der Waals surface area contributed by atoms with Crippen molar-refractivity contribution in [1.29, 1.82) is 0 Å². The monoisotopic (exact) mass is 358 g/mol. The minimum atomic E-state index is -3.22. The van der Waals surface area contributed by atoms with E-state index in [0.717, 1.165) is 4.47 Å². The van der Waals surface area contributed by atoms with Crippen LogP contribution in [0.4, 0.5) is 0 Å². The molecule has 1 aromatic rings. The third-order valence-electron chi connectivity index (χ3n) is 2.88. The van der Waals surface area contributed by atoms with Gasteiger partial charge in [-0.05, 0) is 0 Å². The Morgan fingerprint density at radius 2 is 2.05 bits per heavy atom. The van der Waals surface area contributed by atoms with Crippen LogP contribution >= 0.6 is 7.60 Å². The molecule has 1 heterocycles. The van der Waals surface area contributed by atoms with Crippen LogP contribution in [0.15, 0.2) is 52.8 Å². The molecule has 0 saturated carbocycles. The SMILES string of the molecule is C=CC1=C([Se]c2ccccc2)C(C)(C)OP1(=O)OCC. The van der Waals surface area contributed by atoms with Crippen molar-refractivity contribution in [1.82, 2.24) is 0 Å². The summed E-state index contributed by atoms with van der Waals surface area (Å²) in [6.07, 6.45) is 1.63.